The Morgan fingerprint density at radius 3 is 2.60 bits per heavy atom. The van der Waals surface area contributed by atoms with E-state index >= 15 is 0 Å². The summed E-state index contributed by atoms with van der Waals surface area (Å²) in [5.41, 5.74) is -0.961. The molecule has 6 rings (SSSR count). The van der Waals surface area contributed by atoms with Crippen molar-refractivity contribution >= 4 is 50.0 Å². The SMILES string of the molecule is Cc1cc(-c2cc(Cl)ccc2OCCn2c(C)nc3cc(C(F)(F)F)c(-c4ccccn4)c(C#N)c3c2=O)c2scc(C(=O)O)c2n1. The van der Waals surface area contributed by atoms with Crippen molar-refractivity contribution in [3.8, 4) is 34.2 Å². The third-order valence-corrected chi connectivity index (χ3v) is 8.70. The first-order chi connectivity index (χ1) is 22.4. The van der Waals surface area contributed by atoms with Crippen LogP contribution in [0.3, 0.4) is 0 Å². The maximum absolute atomic E-state index is 14.2. The second kappa shape index (κ2) is 12.1. The summed E-state index contributed by atoms with van der Waals surface area (Å²) in [6.07, 6.45) is -3.55. The molecule has 1 N–H and O–H groups in total. The molecule has 0 aliphatic rings. The normalized spacial score (nSPS) is 11.6. The highest BCUT2D eigenvalue weighted by atomic mass is 35.5. The van der Waals surface area contributed by atoms with E-state index in [1.807, 2.05) is 0 Å². The van der Waals surface area contributed by atoms with Crippen LogP contribution in [0.1, 0.15) is 33.0 Å². The zero-order valence-electron chi connectivity index (χ0n) is 24.5. The van der Waals surface area contributed by atoms with Crippen molar-refractivity contribution in [1.82, 2.24) is 19.5 Å². The fourth-order valence-corrected chi connectivity index (χ4v) is 6.62. The summed E-state index contributed by atoms with van der Waals surface area (Å²) in [5.74, 6) is -0.596. The molecule has 0 radical (unpaired) electrons. The summed E-state index contributed by atoms with van der Waals surface area (Å²) in [4.78, 5) is 38.3. The molecule has 2 aromatic carbocycles. The summed E-state index contributed by atoms with van der Waals surface area (Å²) >= 11 is 7.57. The number of ether oxygens (including phenoxy) is 1. The number of hydrogen-bond acceptors (Lipinski definition) is 8. The Balaban J connectivity index is 1.41. The number of halogens is 4. The molecule has 0 unspecified atom stereocenters. The number of alkyl halides is 3. The van der Waals surface area contributed by atoms with Gasteiger partial charge in [0.25, 0.3) is 5.56 Å². The quantitative estimate of drug-likeness (QED) is 0.182. The van der Waals surface area contributed by atoms with Crippen molar-refractivity contribution in [3.63, 3.8) is 0 Å². The molecular formula is C33H21ClF3N5O4S. The van der Waals surface area contributed by atoms with Crippen LogP contribution in [-0.2, 0) is 12.7 Å². The maximum Gasteiger partial charge on any atom is 0.417 e. The Morgan fingerprint density at radius 2 is 1.91 bits per heavy atom. The van der Waals surface area contributed by atoms with Crippen LogP contribution in [0.15, 0.2) is 64.9 Å². The molecule has 47 heavy (non-hydrogen) atoms. The van der Waals surface area contributed by atoms with Crippen LogP contribution in [0.25, 0.3) is 43.5 Å². The van der Waals surface area contributed by atoms with Crippen LogP contribution >= 0.6 is 22.9 Å². The predicted octanol–water partition coefficient (Wildman–Crippen LogP) is 7.67. The van der Waals surface area contributed by atoms with E-state index in [1.165, 1.54) is 52.6 Å². The van der Waals surface area contributed by atoms with Gasteiger partial charge in [0.05, 0.1) is 50.0 Å². The zero-order valence-corrected chi connectivity index (χ0v) is 26.1. The topological polar surface area (TPSA) is 131 Å². The molecule has 0 aliphatic carbocycles. The summed E-state index contributed by atoms with van der Waals surface area (Å²) in [5, 5.41) is 21.4. The van der Waals surface area contributed by atoms with Crippen molar-refractivity contribution in [3.05, 3.63) is 104 Å². The Bertz CT molecular complexity index is 2330. The number of nitriles is 1. The number of rotatable bonds is 7. The van der Waals surface area contributed by atoms with E-state index in [9.17, 15) is 33.1 Å². The molecule has 0 spiro atoms. The first-order valence-electron chi connectivity index (χ1n) is 13.9. The van der Waals surface area contributed by atoms with Crippen molar-refractivity contribution < 1.29 is 27.8 Å². The van der Waals surface area contributed by atoms with Crippen LogP contribution in [0.2, 0.25) is 5.02 Å². The molecule has 6 aromatic rings. The standard InChI is InChI=1S/C33H21ClF3N5O4S/c1-16-11-20(30-29(40-16)22(15-47-30)32(44)45)19-12-18(34)6-7-26(19)46-10-9-42-17(2)41-25-13-23(33(35,36)37)27(24-5-3-4-8-39-24)21(14-38)28(25)31(42)43/h3-8,11-13,15H,9-10H2,1-2H3,(H,44,45). The van der Waals surface area contributed by atoms with Gasteiger partial charge in [0.1, 0.15) is 24.3 Å². The van der Waals surface area contributed by atoms with E-state index in [-0.39, 0.29) is 41.1 Å². The second-order valence-electron chi connectivity index (χ2n) is 10.4. The number of carboxylic acids is 1. The average Bonchev–Trinajstić information content (AvgIpc) is 3.46. The lowest BCUT2D eigenvalue weighted by Gasteiger charge is -2.18. The molecule has 0 aliphatic heterocycles. The smallest absolute Gasteiger partial charge is 0.417 e. The minimum Gasteiger partial charge on any atom is -0.491 e. The molecule has 0 saturated carbocycles. The van der Waals surface area contributed by atoms with Gasteiger partial charge in [0.2, 0.25) is 0 Å². The fourth-order valence-electron chi connectivity index (χ4n) is 5.44. The number of aromatic carboxylic acids is 1. The molecule has 0 atom stereocenters. The molecule has 14 heteroatoms. The molecule has 0 amide bonds. The second-order valence-corrected chi connectivity index (χ2v) is 11.8. The number of nitrogens with zero attached hydrogens (tertiary/aromatic N) is 5. The summed E-state index contributed by atoms with van der Waals surface area (Å²) in [6.45, 7) is 3.09. The Morgan fingerprint density at radius 1 is 1.13 bits per heavy atom. The number of carboxylic acid groups (broad SMARTS) is 1. The summed E-state index contributed by atoms with van der Waals surface area (Å²) < 4.78 is 50.6. The molecule has 4 heterocycles. The van der Waals surface area contributed by atoms with Gasteiger partial charge in [-0.3, -0.25) is 19.3 Å². The number of benzene rings is 2. The van der Waals surface area contributed by atoms with Crippen LogP contribution in [-0.4, -0.2) is 37.2 Å². The Labute approximate surface area is 273 Å². The van der Waals surface area contributed by atoms with Gasteiger partial charge < -0.3 is 9.84 Å². The molecular weight excluding hydrogens is 655 g/mol. The van der Waals surface area contributed by atoms with Crippen LogP contribution in [0, 0.1) is 25.2 Å². The average molecular weight is 676 g/mol. The van der Waals surface area contributed by atoms with Gasteiger partial charge in [0, 0.05) is 39.0 Å². The van der Waals surface area contributed by atoms with Gasteiger partial charge in [0.15, 0.2) is 0 Å². The van der Waals surface area contributed by atoms with Crippen LogP contribution in [0.5, 0.6) is 5.75 Å². The molecule has 0 saturated heterocycles. The molecule has 236 valence electrons. The van der Waals surface area contributed by atoms with Gasteiger partial charge >= 0.3 is 12.1 Å². The molecule has 4 aromatic heterocycles. The van der Waals surface area contributed by atoms with E-state index in [0.717, 1.165) is 6.07 Å². The zero-order chi connectivity index (χ0) is 33.6. The molecule has 0 fully saturated rings. The third-order valence-electron chi connectivity index (χ3n) is 7.46. The highest BCUT2D eigenvalue weighted by Crippen LogP contribution is 2.42. The number of aromatic nitrogens is 4. The number of hydrogen-bond donors (Lipinski definition) is 1. The van der Waals surface area contributed by atoms with Crippen molar-refractivity contribution in [2.75, 3.05) is 6.61 Å². The van der Waals surface area contributed by atoms with E-state index in [0.29, 0.717) is 37.8 Å². The Kier molecular flexibility index (Phi) is 8.17. The van der Waals surface area contributed by atoms with E-state index in [2.05, 4.69) is 15.0 Å². The van der Waals surface area contributed by atoms with E-state index in [4.69, 9.17) is 16.3 Å². The monoisotopic (exact) mass is 675 g/mol. The number of pyridine rings is 2. The first-order valence-corrected chi connectivity index (χ1v) is 15.2. The van der Waals surface area contributed by atoms with E-state index < -0.39 is 34.4 Å². The van der Waals surface area contributed by atoms with Crippen molar-refractivity contribution in [2.45, 2.75) is 26.6 Å². The number of aryl methyl sites for hydroxylation is 2. The highest BCUT2D eigenvalue weighted by Gasteiger charge is 2.37. The van der Waals surface area contributed by atoms with Gasteiger partial charge in [-0.2, -0.15) is 18.4 Å². The largest absolute Gasteiger partial charge is 0.491 e. The first kappa shape index (κ1) is 31.7. The fraction of sp³-hybridized carbons (Fsp3) is 0.152. The number of carbonyl (C=O) groups is 1. The lowest BCUT2D eigenvalue weighted by Crippen LogP contribution is -2.27. The Hall–Kier alpha value is -5.32. The highest BCUT2D eigenvalue weighted by molar-refractivity contribution is 7.18. The van der Waals surface area contributed by atoms with Gasteiger partial charge in [-0.25, -0.2) is 9.78 Å². The summed E-state index contributed by atoms with van der Waals surface area (Å²) in [6, 6.07) is 13.7. The van der Waals surface area contributed by atoms with Gasteiger partial charge in [-0.05, 0) is 56.3 Å². The van der Waals surface area contributed by atoms with Crippen molar-refractivity contribution in [2.24, 2.45) is 0 Å². The van der Waals surface area contributed by atoms with E-state index in [1.54, 1.807) is 37.3 Å². The lowest BCUT2D eigenvalue weighted by atomic mass is 9.94. The van der Waals surface area contributed by atoms with Gasteiger partial charge in [-0.15, -0.1) is 11.3 Å². The van der Waals surface area contributed by atoms with Crippen molar-refractivity contribution in [1.29, 1.82) is 5.26 Å². The van der Waals surface area contributed by atoms with Crippen LogP contribution in [0.4, 0.5) is 13.2 Å². The third kappa shape index (κ3) is 5.77. The number of fused-ring (bicyclic) bond motifs is 2. The van der Waals surface area contributed by atoms with Gasteiger partial charge in [-0.1, -0.05) is 17.7 Å². The predicted molar refractivity (Wildman–Crippen MR) is 171 cm³/mol. The minimum absolute atomic E-state index is 0.0621. The number of thiophene rings is 1. The summed E-state index contributed by atoms with van der Waals surface area (Å²) in [7, 11) is 0. The van der Waals surface area contributed by atoms with Crippen LogP contribution < -0.4 is 10.3 Å². The maximum atomic E-state index is 14.2. The minimum atomic E-state index is -4.85. The lowest BCUT2D eigenvalue weighted by molar-refractivity contribution is -0.137. The molecule has 9 nitrogen and oxygen atoms in total. The molecule has 0 bridgehead atoms.